The van der Waals surface area contributed by atoms with Gasteiger partial charge in [0.25, 0.3) is 0 Å². The zero-order valence-corrected chi connectivity index (χ0v) is 6.92. The van der Waals surface area contributed by atoms with E-state index in [0.717, 1.165) is 13.0 Å². The number of carbonyl (C=O) groups is 1. The number of hydrogen-bond donors (Lipinski definition) is 0. The minimum absolute atomic E-state index is 0.236. The number of rotatable bonds is 2. The summed E-state index contributed by atoms with van der Waals surface area (Å²) in [6.07, 6.45) is 1.06. The van der Waals surface area contributed by atoms with E-state index in [1.807, 2.05) is 0 Å². The highest BCUT2D eigenvalue weighted by Crippen LogP contribution is 2.20. The Balaban J connectivity index is 2.43. The van der Waals surface area contributed by atoms with Crippen LogP contribution in [0.5, 0.6) is 0 Å². The van der Waals surface area contributed by atoms with Gasteiger partial charge in [0.2, 0.25) is 0 Å². The maximum absolute atomic E-state index is 10.9. The van der Waals surface area contributed by atoms with Crippen LogP contribution >= 0.6 is 0 Å². The van der Waals surface area contributed by atoms with Crippen molar-refractivity contribution in [1.82, 2.24) is 4.90 Å². The lowest BCUT2D eigenvalue weighted by atomic mass is 9.97. The number of ketones is 1. The van der Waals surface area contributed by atoms with Crippen molar-refractivity contribution in [1.29, 1.82) is 0 Å². The second-order valence-corrected chi connectivity index (χ2v) is 3.25. The molecule has 1 unspecified atom stereocenters. The summed E-state index contributed by atoms with van der Waals surface area (Å²) in [5, 5.41) is 0. The Morgan fingerprint density at radius 3 is 2.30 bits per heavy atom. The summed E-state index contributed by atoms with van der Waals surface area (Å²) in [6, 6.07) is 0.766. The highest BCUT2D eigenvalue weighted by Gasteiger charge is 2.32. The Kier molecular flexibility index (Phi) is 2.09. The van der Waals surface area contributed by atoms with Crippen LogP contribution in [0.3, 0.4) is 0 Å². The first-order valence-corrected chi connectivity index (χ1v) is 3.89. The lowest BCUT2D eigenvalue weighted by Crippen LogP contribution is -2.54. The van der Waals surface area contributed by atoms with Gasteiger partial charge >= 0.3 is 0 Å². The molecular weight excluding hydrogens is 126 g/mol. The van der Waals surface area contributed by atoms with Gasteiger partial charge in [-0.05, 0) is 27.2 Å². The third-order valence-electron chi connectivity index (χ3n) is 2.19. The normalized spacial score (nSPS) is 26.6. The fourth-order valence-corrected chi connectivity index (χ4v) is 1.46. The summed E-state index contributed by atoms with van der Waals surface area (Å²) < 4.78 is 0. The monoisotopic (exact) mass is 141 g/mol. The van der Waals surface area contributed by atoms with E-state index in [1.54, 1.807) is 6.92 Å². The molecule has 0 aliphatic carbocycles. The third kappa shape index (κ3) is 1.21. The average Bonchev–Trinajstić information content (AvgIpc) is 1.56. The van der Waals surface area contributed by atoms with E-state index in [1.165, 1.54) is 0 Å². The van der Waals surface area contributed by atoms with E-state index in [2.05, 4.69) is 18.7 Å². The topological polar surface area (TPSA) is 20.3 Å². The molecule has 0 aromatic heterocycles. The Labute approximate surface area is 62.2 Å². The molecule has 2 heteroatoms. The molecule has 10 heavy (non-hydrogen) atoms. The van der Waals surface area contributed by atoms with Crippen LogP contribution in [0.4, 0.5) is 0 Å². The van der Waals surface area contributed by atoms with E-state index < -0.39 is 0 Å². The molecule has 0 N–H and O–H groups in total. The van der Waals surface area contributed by atoms with E-state index in [4.69, 9.17) is 0 Å². The maximum atomic E-state index is 10.9. The molecule has 0 saturated carbocycles. The number of carbonyl (C=O) groups excluding carboxylic acids is 1. The van der Waals surface area contributed by atoms with Crippen LogP contribution in [-0.4, -0.2) is 29.3 Å². The molecule has 0 aromatic rings. The van der Waals surface area contributed by atoms with Crippen LogP contribution in [-0.2, 0) is 4.79 Å². The Morgan fingerprint density at radius 1 is 1.60 bits per heavy atom. The van der Waals surface area contributed by atoms with E-state index in [0.29, 0.717) is 11.8 Å². The fourth-order valence-electron chi connectivity index (χ4n) is 1.46. The Bertz CT molecular complexity index is 142. The van der Waals surface area contributed by atoms with Gasteiger partial charge in [-0.1, -0.05) is 0 Å². The van der Waals surface area contributed by atoms with Crippen LogP contribution in [0.2, 0.25) is 0 Å². The molecule has 0 aromatic carbocycles. The SMILES string of the molecule is CC(=O)C1CCN1C(C)C. The summed E-state index contributed by atoms with van der Waals surface area (Å²) in [5.41, 5.74) is 0. The van der Waals surface area contributed by atoms with Crippen LogP contribution in [0.1, 0.15) is 27.2 Å². The van der Waals surface area contributed by atoms with Crippen LogP contribution in [0, 0.1) is 0 Å². The van der Waals surface area contributed by atoms with E-state index >= 15 is 0 Å². The van der Waals surface area contributed by atoms with Gasteiger partial charge in [0.1, 0.15) is 5.78 Å². The predicted octanol–water partition coefficient (Wildman–Crippen LogP) is 1.06. The second kappa shape index (κ2) is 2.70. The van der Waals surface area contributed by atoms with E-state index in [9.17, 15) is 4.79 Å². The van der Waals surface area contributed by atoms with Gasteiger partial charge in [0.15, 0.2) is 0 Å². The molecule has 2 nitrogen and oxygen atoms in total. The van der Waals surface area contributed by atoms with Crippen molar-refractivity contribution in [3.63, 3.8) is 0 Å². The van der Waals surface area contributed by atoms with Crippen molar-refractivity contribution < 1.29 is 4.79 Å². The zero-order valence-electron chi connectivity index (χ0n) is 6.92. The van der Waals surface area contributed by atoms with Gasteiger partial charge in [0, 0.05) is 12.6 Å². The molecule has 0 spiro atoms. The van der Waals surface area contributed by atoms with Crippen LogP contribution in [0.25, 0.3) is 0 Å². The molecule has 1 aliphatic rings. The van der Waals surface area contributed by atoms with Gasteiger partial charge in [0.05, 0.1) is 6.04 Å². The van der Waals surface area contributed by atoms with Gasteiger partial charge in [-0.2, -0.15) is 0 Å². The molecule has 1 rings (SSSR count). The molecular formula is C8H15NO. The summed E-state index contributed by atoms with van der Waals surface area (Å²) in [5.74, 6) is 0.319. The number of Topliss-reactive ketones (excluding diaryl/α,β-unsaturated/α-hetero) is 1. The molecule has 1 atom stereocenters. The van der Waals surface area contributed by atoms with Crippen LogP contribution < -0.4 is 0 Å². The van der Waals surface area contributed by atoms with Gasteiger partial charge in [-0.15, -0.1) is 0 Å². The van der Waals surface area contributed by atoms with Gasteiger partial charge in [-0.3, -0.25) is 9.69 Å². The van der Waals surface area contributed by atoms with E-state index in [-0.39, 0.29) is 6.04 Å². The minimum atomic E-state index is 0.236. The maximum Gasteiger partial charge on any atom is 0.146 e. The molecule has 0 amide bonds. The lowest BCUT2D eigenvalue weighted by Gasteiger charge is -2.42. The molecule has 58 valence electrons. The van der Waals surface area contributed by atoms with Crippen molar-refractivity contribution in [3.05, 3.63) is 0 Å². The highest BCUT2D eigenvalue weighted by molar-refractivity contribution is 5.82. The smallest absolute Gasteiger partial charge is 0.146 e. The first-order chi connectivity index (χ1) is 4.63. The summed E-state index contributed by atoms with van der Waals surface area (Å²) in [4.78, 5) is 13.1. The van der Waals surface area contributed by atoms with Crippen molar-refractivity contribution in [3.8, 4) is 0 Å². The Hall–Kier alpha value is -0.370. The first-order valence-electron chi connectivity index (χ1n) is 3.89. The third-order valence-corrected chi connectivity index (χ3v) is 2.19. The molecule has 0 bridgehead atoms. The number of nitrogens with zero attached hydrogens (tertiary/aromatic N) is 1. The average molecular weight is 141 g/mol. The van der Waals surface area contributed by atoms with Crippen molar-refractivity contribution in [2.45, 2.75) is 39.3 Å². The zero-order chi connectivity index (χ0) is 7.72. The molecule has 0 radical (unpaired) electrons. The van der Waals surface area contributed by atoms with Crippen molar-refractivity contribution in [2.75, 3.05) is 6.54 Å². The van der Waals surface area contributed by atoms with Gasteiger partial charge < -0.3 is 0 Å². The minimum Gasteiger partial charge on any atom is -0.298 e. The summed E-state index contributed by atoms with van der Waals surface area (Å²) in [6.45, 7) is 7.05. The Morgan fingerprint density at radius 2 is 2.20 bits per heavy atom. The predicted molar refractivity (Wildman–Crippen MR) is 40.9 cm³/mol. The molecule has 1 aliphatic heterocycles. The second-order valence-electron chi connectivity index (χ2n) is 3.25. The quantitative estimate of drug-likeness (QED) is 0.573. The molecule has 1 fully saturated rings. The number of likely N-dealkylation sites (tertiary alicyclic amines) is 1. The lowest BCUT2D eigenvalue weighted by molar-refractivity contribution is -0.127. The first kappa shape index (κ1) is 7.73. The molecule has 1 heterocycles. The summed E-state index contributed by atoms with van der Waals surface area (Å²) in [7, 11) is 0. The molecule has 1 saturated heterocycles. The fraction of sp³-hybridized carbons (Fsp3) is 0.875. The van der Waals surface area contributed by atoms with Gasteiger partial charge in [-0.25, -0.2) is 0 Å². The van der Waals surface area contributed by atoms with Crippen LogP contribution in [0.15, 0.2) is 0 Å². The standard InChI is InChI=1S/C8H15NO/c1-6(2)9-5-4-8(9)7(3)10/h6,8H,4-5H2,1-3H3. The van der Waals surface area contributed by atoms with Crippen molar-refractivity contribution in [2.24, 2.45) is 0 Å². The highest BCUT2D eigenvalue weighted by atomic mass is 16.1. The largest absolute Gasteiger partial charge is 0.298 e. The van der Waals surface area contributed by atoms with Crippen molar-refractivity contribution >= 4 is 5.78 Å². The number of hydrogen-bond acceptors (Lipinski definition) is 2. The summed E-state index contributed by atoms with van der Waals surface area (Å²) >= 11 is 0.